The van der Waals surface area contributed by atoms with Crippen LogP contribution in [0.3, 0.4) is 0 Å². The van der Waals surface area contributed by atoms with Gasteiger partial charge < -0.3 is 0 Å². The van der Waals surface area contributed by atoms with Crippen molar-refractivity contribution in [3.05, 3.63) is 69.5 Å². The highest BCUT2D eigenvalue weighted by Crippen LogP contribution is 2.44. The van der Waals surface area contributed by atoms with Crippen molar-refractivity contribution < 1.29 is 0 Å². The van der Waals surface area contributed by atoms with Crippen LogP contribution in [0.5, 0.6) is 0 Å². The minimum Gasteiger partial charge on any atom is -0.142 e. The summed E-state index contributed by atoms with van der Waals surface area (Å²) in [5.74, 6) is 0.338. The molecule has 0 aliphatic heterocycles. The zero-order valence-electron chi connectivity index (χ0n) is 11.7. The Morgan fingerprint density at radius 3 is 2.57 bits per heavy atom. The van der Waals surface area contributed by atoms with Crippen molar-refractivity contribution in [3.63, 3.8) is 0 Å². The lowest BCUT2D eigenvalue weighted by Gasteiger charge is -2.21. The fourth-order valence-corrected chi connectivity index (χ4v) is 5.02. The summed E-state index contributed by atoms with van der Waals surface area (Å²) in [5, 5.41) is 3.47. The van der Waals surface area contributed by atoms with Gasteiger partial charge in [-0.2, -0.15) is 0 Å². The smallest absolute Gasteiger partial charge is 0.0667 e. The second-order valence-corrected chi connectivity index (χ2v) is 7.34. The van der Waals surface area contributed by atoms with E-state index in [-0.39, 0.29) is 5.38 Å². The lowest BCUT2D eigenvalue weighted by atomic mass is 9.89. The molecule has 0 amide bonds. The van der Waals surface area contributed by atoms with Gasteiger partial charge in [0.2, 0.25) is 0 Å². The highest BCUT2D eigenvalue weighted by Gasteiger charge is 2.24. The van der Waals surface area contributed by atoms with Crippen LogP contribution in [-0.2, 0) is 0 Å². The van der Waals surface area contributed by atoms with Crippen LogP contribution < -0.4 is 0 Å². The SMILES string of the molecule is CCC(c1ccccc1)C(Cl)c1csc2c(Br)cccc12. The second-order valence-electron chi connectivity index (χ2n) is 5.13. The number of rotatable bonds is 4. The molecule has 0 fully saturated rings. The van der Waals surface area contributed by atoms with Gasteiger partial charge in [0, 0.05) is 15.1 Å². The lowest BCUT2D eigenvalue weighted by molar-refractivity contribution is 0.644. The third-order valence-corrected chi connectivity index (χ3v) is 6.41. The number of hydrogen-bond donors (Lipinski definition) is 0. The third-order valence-electron chi connectivity index (χ3n) is 3.90. The summed E-state index contributed by atoms with van der Waals surface area (Å²) in [6, 6.07) is 16.9. The van der Waals surface area contributed by atoms with Gasteiger partial charge >= 0.3 is 0 Å². The maximum Gasteiger partial charge on any atom is 0.0667 e. The number of fused-ring (bicyclic) bond motifs is 1. The Morgan fingerprint density at radius 1 is 1.10 bits per heavy atom. The van der Waals surface area contributed by atoms with Crippen molar-refractivity contribution in [2.24, 2.45) is 0 Å². The Bertz CT molecular complexity index is 735. The van der Waals surface area contributed by atoms with Crippen molar-refractivity contribution in [1.82, 2.24) is 0 Å². The van der Waals surface area contributed by atoms with Crippen LogP contribution in [0.25, 0.3) is 10.1 Å². The van der Waals surface area contributed by atoms with Gasteiger partial charge in [0.05, 0.1) is 5.38 Å². The van der Waals surface area contributed by atoms with Crippen LogP contribution in [0.1, 0.15) is 35.8 Å². The molecule has 2 atom stereocenters. The van der Waals surface area contributed by atoms with Crippen LogP contribution in [0, 0.1) is 0 Å². The molecule has 0 bridgehead atoms. The normalized spacial score (nSPS) is 14.2. The number of benzene rings is 2. The van der Waals surface area contributed by atoms with E-state index in [0.717, 1.165) is 10.9 Å². The first-order valence-corrected chi connectivity index (χ1v) is 9.18. The van der Waals surface area contributed by atoms with Gasteiger partial charge in [0.25, 0.3) is 0 Å². The Morgan fingerprint density at radius 2 is 1.86 bits per heavy atom. The average Bonchev–Trinajstić information content (AvgIpc) is 2.94. The fraction of sp³-hybridized carbons (Fsp3) is 0.222. The van der Waals surface area contributed by atoms with Crippen LogP contribution in [0.4, 0.5) is 0 Å². The standard InChI is InChI=1S/C18H16BrClS/c1-2-13(12-7-4-3-5-8-12)17(20)15-11-21-18-14(15)9-6-10-16(18)19/h3-11,13,17H,2H2,1H3. The molecule has 0 radical (unpaired) electrons. The highest BCUT2D eigenvalue weighted by atomic mass is 79.9. The topological polar surface area (TPSA) is 0 Å². The summed E-state index contributed by atoms with van der Waals surface area (Å²) < 4.78 is 2.42. The van der Waals surface area contributed by atoms with E-state index in [1.807, 2.05) is 0 Å². The van der Waals surface area contributed by atoms with E-state index in [1.54, 1.807) is 11.3 Å². The molecule has 3 heteroatoms. The van der Waals surface area contributed by atoms with E-state index >= 15 is 0 Å². The number of hydrogen-bond acceptors (Lipinski definition) is 1. The van der Waals surface area contributed by atoms with E-state index in [2.05, 4.69) is 76.8 Å². The third kappa shape index (κ3) is 2.90. The van der Waals surface area contributed by atoms with Gasteiger partial charge in [-0.15, -0.1) is 22.9 Å². The van der Waals surface area contributed by atoms with Crippen molar-refractivity contribution in [2.45, 2.75) is 24.6 Å². The molecule has 3 aromatic rings. The van der Waals surface area contributed by atoms with Crippen LogP contribution in [0.15, 0.2) is 58.4 Å². The molecule has 21 heavy (non-hydrogen) atoms. The van der Waals surface area contributed by atoms with Crippen molar-refractivity contribution in [3.8, 4) is 0 Å². The largest absolute Gasteiger partial charge is 0.142 e. The molecule has 2 aromatic carbocycles. The summed E-state index contributed by atoms with van der Waals surface area (Å²) >= 11 is 12.3. The van der Waals surface area contributed by atoms with Crippen LogP contribution in [0.2, 0.25) is 0 Å². The monoisotopic (exact) mass is 378 g/mol. The van der Waals surface area contributed by atoms with Gasteiger partial charge in [-0.25, -0.2) is 0 Å². The Labute approximate surface area is 142 Å². The average molecular weight is 380 g/mol. The van der Waals surface area contributed by atoms with Crippen molar-refractivity contribution in [2.75, 3.05) is 0 Å². The Balaban J connectivity index is 2.03. The van der Waals surface area contributed by atoms with E-state index in [9.17, 15) is 0 Å². The molecule has 0 aliphatic carbocycles. The van der Waals surface area contributed by atoms with E-state index in [4.69, 9.17) is 11.6 Å². The van der Waals surface area contributed by atoms with Gasteiger partial charge in [0.15, 0.2) is 0 Å². The quantitative estimate of drug-likeness (QED) is 0.423. The molecule has 0 saturated heterocycles. The molecule has 0 saturated carbocycles. The fourth-order valence-electron chi connectivity index (χ4n) is 2.78. The Kier molecular flexibility index (Phi) is 4.68. The molecule has 0 N–H and O–H groups in total. The summed E-state index contributed by atoms with van der Waals surface area (Å²) in [5.41, 5.74) is 2.56. The highest BCUT2D eigenvalue weighted by molar-refractivity contribution is 9.10. The molecule has 1 aromatic heterocycles. The Hall–Kier alpha value is -0.830. The lowest BCUT2D eigenvalue weighted by Crippen LogP contribution is -2.05. The van der Waals surface area contributed by atoms with Crippen LogP contribution >= 0.6 is 38.9 Å². The second kappa shape index (κ2) is 6.51. The molecule has 2 unspecified atom stereocenters. The first kappa shape index (κ1) is 15.1. The molecular weight excluding hydrogens is 364 g/mol. The number of halogens is 2. The molecule has 0 aliphatic rings. The summed E-state index contributed by atoms with van der Waals surface area (Å²) in [6.45, 7) is 2.21. The van der Waals surface area contributed by atoms with Gasteiger partial charge in [0.1, 0.15) is 0 Å². The maximum absolute atomic E-state index is 6.87. The summed E-state index contributed by atoms with van der Waals surface area (Å²) in [4.78, 5) is 0. The van der Waals surface area contributed by atoms with Crippen molar-refractivity contribution >= 4 is 49.0 Å². The minimum absolute atomic E-state index is 0.000417. The number of alkyl halides is 1. The predicted octanol–water partition coefficient (Wildman–Crippen LogP) is 7.14. The van der Waals surface area contributed by atoms with Gasteiger partial charge in [-0.1, -0.05) is 49.4 Å². The molecular formula is C18H16BrClS. The molecule has 3 rings (SSSR count). The van der Waals surface area contributed by atoms with Gasteiger partial charge in [-0.3, -0.25) is 0 Å². The number of thiophene rings is 1. The predicted molar refractivity (Wildman–Crippen MR) is 97.6 cm³/mol. The van der Waals surface area contributed by atoms with Crippen molar-refractivity contribution in [1.29, 1.82) is 0 Å². The van der Waals surface area contributed by atoms with E-state index in [1.165, 1.54) is 21.2 Å². The first-order valence-electron chi connectivity index (χ1n) is 7.07. The summed E-state index contributed by atoms with van der Waals surface area (Å²) in [7, 11) is 0. The molecule has 108 valence electrons. The minimum atomic E-state index is 0.000417. The maximum atomic E-state index is 6.87. The summed E-state index contributed by atoms with van der Waals surface area (Å²) in [6.07, 6.45) is 1.03. The molecule has 0 nitrogen and oxygen atoms in total. The van der Waals surface area contributed by atoms with E-state index < -0.39 is 0 Å². The molecule has 0 spiro atoms. The van der Waals surface area contributed by atoms with Gasteiger partial charge in [-0.05, 0) is 50.3 Å². The van der Waals surface area contributed by atoms with Crippen LogP contribution in [-0.4, -0.2) is 0 Å². The van der Waals surface area contributed by atoms with E-state index in [0.29, 0.717) is 5.92 Å². The first-order chi connectivity index (χ1) is 10.2. The zero-order valence-corrected chi connectivity index (χ0v) is 14.9. The molecule has 1 heterocycles. The zero-order chi connectivity index (χ0) is 14.8.